The van der Waals surface area contributed by atoms with Gasteiger partial charge in [0.25, 0.3) is 5.69 Å². The average molecular weight is 483 g/mol. The summed E-state index contributed by atoms with van der Waals surface area (Å²) in [5.74, 6) is 0.457. The molecule has 3 aromatic rings. The number of anilines is 1. The van der Waals surface area contributed by atoms with Crippen LogP contribution in [0.4, 0.5) is 10.8 Å². The van der Waals surface area contributed by atoms with Crippen LogP contribution in [0.5, 0.6) is 5.75 Å². The number of para-hydroxylation sites is 1. The molecule has 1 unspecified atom stereocenters. The van der Waals surface area contributed by atoms with Crippen LogP contribution in [0, 0.1) is 10.1 Å². The number of rotatable bonds is 6. The van der Waals surface area contributed by atoms with Gasteiger partial charge in [-0.25, -0.2) is 0 Å². The van der Waals surface area contributed by atoms with E-state index in [-0.39, 0.29) is 24.0 Å². The Hall–Kier alpha value is -2.40. The number of hydrogen-bond acceptors (Lipinski definition) is 8. The molecular formula is C18H12Cl2N4O4S2. The summed E-state index contributed by atoms with van der Waals surface area (Å²) in [5, 5.41) is 20.8. The van der Waals surface area contributed by atoms with Gasteiger partial charge in [-0.05, 0) is 24.3 Å². The lowest BCUT2D eigenvalue weighted by atomic mass is 10.1. The van der Waals surface area contributed by atoms with Crippen LogP contribution in [0.25, 0.3) is 0 Å². The molecule has 0 aliphatic carbocycles. The maximum absolute atomic E-state index is 12.5. The first-order valence-corrected chi connectivity index (χ1v) is 11.1. The first kappa shape index (κ1) is 20.9. The van der Waals surface area contributed by atoms with E-state index in [4.69, 9.17) is 27.9 Å². The van der Waals surface area contributed by atoms with Gasteiger partial charge in [-0.1, -0.05) is 46.7 Å². The predicted molar refractivity (Wildman–Crippen MR) is 116 cm³/mol. The fraction of sp³-hybridized carbons (Fsp3) is 0.167. The molecule has 0 spiro atoms. The van der Waals surface area contributed by atoms with Crippen molar-refractivity contribution in [1.29, 1.82) is 0 Å². The molecule has 2 heterocycles. The monoisotopic (exact) mass is 482 g/mol. The van der Waals surface area contributed by atoms with Crippen LogP contribution in [0.2, 0.25) is 10.0 Å². The van der Waals surface area contributed by atoms with E-state index in [0.717, 1.165) is 0 Å². The van der Waals surface area contributed by atoms with Crippen molar-refractivity contribution in [2.24, 2.45) is 0 Å². The number of halogens is 2. The second-order valence-corrected chi connectivity index (χ2v) is 9.04. The van der Waals surface area contributed by atoms with Crippen molar-refractivity contribution in [2.75, 3.05) is 10.7 Å². The standard InChI is InChI=1S/C18H12Cl2N4O4S2/c19-10-5-6-14(12(20)7-10)28-8-15-21-22-18(30-15)23-16(25)9-29-17(23)11-3-1-2-4-13(11)24(26)27/h1-7,17H,8-9H2. The molecule has 30 heavy (non-hydrogen) atoms. The topological polar surface area (TPSA) is 98.5 Å². The lowest BCUT2D eigenvalue weighted by Crippen LogP contribution is -2.28. The zero-order valence-electron chi connectivity index (χ0n) is 15.0. The molecule has 0 radical (unpaired) electrons. The maximum atomic E-state index is 12.5. The van der Waals surface area contributed by atoms with E-state index in [1.165, 1.54) is 34.1 Å². The van der Waals surface area contributed by atoms with E-state index in [1.54, 1.807) is 36.4 Å². The quantitative estimate of drug-likeness (QED) is 0.355. The van der Waals surface area contributed by atoms with Crippen molar-refractivity contribution in [3.63, 3.8) is 0 Å². The number of nitrogens with zero attached hydrogens (tertiary/aromatic N) is 4. The third-order valence-electron chi connectivity index (χ3n) is 4.17. The van der Waals surface area contributed by atoms with Crippen LogP contribution < -0.4 is 9.64 Å². The first-order valence-electron chi connectivity index (χ1n) is 8.51. The largest absolute Gasteiger partial charge is 0.485 e. The van der Waals surface area contributed by atoms with Crippen molar-refractivity contribution >= 4 is 63.0 Å². The van der Waals surface area contributed by atoms with Gasteiger partial charge in [-0.2, -0.15) is 0 Å². The number of amides is 1. The van der Waals surface area contributed by atoms with Gasteiger partial charge < -0.3 is 4.74 Å². The summed E-state index contributed by atoms with van der Waals surface area (Å²) in [7, 11) is 0. The number of carbonyl (C=O) groups is 1. The third kappa shape index (κ3) is 4.22. The minimum atomic E-state index is -0.550. The van der Waals surface area contributed by atoms with Crippen LogP contribution in [-0.2, 0) is 11.4 Å². The minimum absolute atomic E-state index is 0.0415. The molecule has 1 atom stereocenters. The minimum Gasteiger partial charge on any atom is -0.485 e. The molecule has 8 nitrogen and oxygen atoms in total. The van der Waals surface area contributed by atoms with Gasteiger partial charge >= 0.3 is 0 Å². The number of thioether (sulfide) groups is 1. The molecular weight excluding hydrogens is 471 g/mol. The van der Waals surface area contributed by atoms with E-state index in [0.29, 0.717) is 31.5 Å². The summed E-state index contributed by atoms with van der Waals surface area (Å²) in [5.41, 5.74) is 0.402. The number of ether oxygens (including phenoxy) is 1. The van der Waals surface area contributed by atoms with Crippen molar-refractivity contribution in [1.82, 2.24) is 10.2 Å². The molecule has 1 amide bonds. The Labute approximate surface area is 188 Å². The normalized spacial score (nSPS) is 16.1. The molecule has 4 rings (SSSR count). The lowest BCUT2D eigenvalue weighted by molar-refractivity contribution is -0.385. The van der Waals surface area contributed by atoms with Crippen LogP contribution in [-0.4, -0.2) is 26.8 Å². The van der Waals surface area contributed by atoms with Gasteiger partial charge in [0.1, 0.15) is 17.7 Å². The number of nitro groups is 1. The van der Waals surface area contributed by atoms with Gasteiger partial charge in [0.2, 0.25) is 11.0 Å². The lowest BCUT2D eigenvalue weighted by Gasteiger charge is -2.20. The highest BCUT2D eigenvalue weighted by Crippen LogP contribution is 2.45. The van der Waals surface area contributed by atoms with Gasteiger partial charge in [0, 0.05) is 11.1 Å². The zero-order chi connectivity index (χ0) is 21.3. The molecule has 1 fully saturated rings. The Morgan fingerprint density at radius 2 is 2.03 bits per heavy atom. The van der Waals surface area contributed by atoms with Gasteiger partial charge in [0.15, 0.2) is 5.01 Å². The summed E-state index contributed by atoms with van der Waals surface area (Å²) in [6.07, 6.45) is 0. The molecule has 2 aromatic carbocycles. The van der Waals surface area contributed by atoms with E-state index >= 15 is 0 Å². The van der Waals surface area contributed by atoms with Gasteiger partial charge in [-0.15, -0.1) is 22.0 Å². The van der Waals surface area contributed by atoms with Crippen molar-refractivity contribution in [3.05, 3.63) is 73.2 Å². The Morgan fingerprint density at radius 3 is 2.80 bits per heavy atom. The smallest absolute Gasteiger partial charge is 0.275 e. The Bertz CT molecular complexity index is 1130. The molecule has 154 valence electrons. The van der Waals surface area contributed by atoms with Crippen molar-refractivity contribution < 1.29 is 14.5 Å². The molecule has 0 N–H and O–H groups in total. The van der Waals surface area contributed by atoms with E-state index in [1.807, 2.05) is 0 Å². The number of nitro benzene ring substituents is 1. The summed E-state index contributed by atoms with van der Waals surface area (Å²) >= 11 is 14.5. The highest BCUT2D eigenvalue weighted by atomic mass is 35.5. The van der Waals surface area contributed by atoms with E-state index < -0.39 is 10.3 Å². The molecule has 1 aromatic heterocycles. The van der Waals surface area contributed by atoms with Crippen LogP contribution in [0.1, 0.15) is 15.9 Å². The maximum Gasteiger partial charge on any atom is 0.275 e. The molecule has 0 saturated carbocycles. The van der Waals surface area contributed by atoms with Crippen LogP contribution in [0.15, 0.2) is 42.5 Å². The number of carbonyl (C=O) groups excluding carboxylic acids is 1. The second kappa shape index (κ2) is 8.76. The van der Waals surface area contributed by atoms with Gasteiger partial charge in [0.05, 0.1) is 21.3 Å². The summed E-state index contributed by atoms with van der Waals surface area (Å²) in [6.45, 7) is 0.102. The van der Waals surface area contributed by atoms with Crippen LogP contribution >= 0.6 is 46.3 Å². The van der Waals surface area contributed by atoms with Crippen molar-refractivity contribution in [3.8, 4) is 5.75 Å². The summed E-state index contributed by atoms with van der Waals surface area (Å²) < 4.78 is 5.66. The van der Waals surface area contributed by atoms with E-state index in [2.05, 4.69) is 10.2 Å². The number of hydrogen-bond donors (Lipinski definition) is 0. The highest BCUT2D eigenvalue weighted by molar-refractivity contribution is 8.00. The molecule has 12 heteroatoms. The first-order chi connectivity index (χ1) is 14.4. The number of aromatic nitrogens is 2. The average Bonchev–Trinajstić information content (AvgIpc) is 3.33. The zero-order valence-corrected chi connectivity index (χ0v) is 18.2. The molecule has 1 aliphatic rings. The Kier molecular flexibility index (Phi) is 6.09. The van der Waals surface area contributed by atoms with Crippen molar-refractivity contribution in [2.45, 2.75) is 12.0 Å². The third-order valence-corrected chi connectivity index (χ3v) is 6.80. The summed E-state index contributed by atoms with van der Waals surface area (Å²) in [6, 6.07) is 11.3. The fourth-order valence-corrected chi connectivity index (χ4v) is 5.37. The summed E-state index contributed by atoms with van der Waals surface area (Å²) in [4.78, 5) is 24.9. The van der Waals surface area contributed by atoms with Crippen LogP contribution in [0.3, 0.4) is 0 Å². The SMILES string of the molecule is O=C1CSC(c2ccccc2[N+](=O)[O-])N1c1nnc(COc2ccc(Cl)cc2Cl)s1. The molecule has 1 saturated heterocycles. The Balaban J connectivity index is 1.55. The predicted octanol–water partition coefficient (Wildman–Crippen LogP) is 5.11. The number of benzene rings is 2. The second-order valence-electron chi connectivity index (χ2n) is 6.08. The Morgan fingerprint density at radius 1 is 1.23 bits per heavy atom. The molecule has 1 aliphatic heterocycles. The fourth-order valence-electron chi connectivity index (χ4n) is 2.86. The molecule has 0 bridgehead atoms. The van der Waals surface area contributed by atoms with E-state index in [9.17, 15) is 14.9 Å². The van der Waals surface area contributed by atoms with Gasteiger partial charge in [-0.3, -0.25) is 19.8 Å². The highest BCUT2D eigenvalue weighted by Gasteiger charge is 2.39.